The maximum atomic E-state index is 12.2. The van der Waals surface area contributed by atoms with Crippen molar-refractivity contribution in [1.29, 1.82) is 0 Å². The molecule has 0 bridgehead atoms. The first-order valence-electron chi connectivity index (χ1n) is 30.6. The Labute approximate surface area is 562 Å². The van der Waals surface area contributed by atoms with Crippen LogP contribution in [0.5, 0.6) is 0 Å². The molecule has 100 heavy (non-hydrogen) atoms. The Bertz CT molecular complexity index is 2590. The van der Waals surface area contributed by atoms with Gasteiger partial charge in [-0.05, 0) is 0 Å². The number of amides is 1. The van der Waals surface area contributed by atoms with Gasteiger partial charge in [-0.15, -0.1) is 0 Å². The highest BCUT2D eigenvalue weighted by Crippen LogP contribution is 2.41. The van der Waals surface area contributed by atoms with Gasteiger partial charge in [0.2, 0.25) is 5.91 Å². The Morgan fingerprint density at radius 1 is 0.370 bits per heavy atom. The molecule has 7 rings (SSSR count). The van der Waals surface area contributed by atoms with Gasteiger partial charge in [-0.25, -0.2) is 9.13 Å². The SMILES string of the molecule is CC(=O)N[C@@H](CO)[C@@H](O)[C@H](O[C@@H]1O[C@H](CO[C@H]2O[C@H](CO[C@H]3O[C@H](CO)[C@@H](O)[C@H](O)[C@@H]3O[C@H]3O[C@H](COP(=O)(O)O)[C@@H](O)[C@H](O)[C@@H]3O)[C@@H](O)[C@H](O[C@H]3O[C@H](CO)[C@@H](O)[C@H](O)[C@@H]3O)[C@@H]2O)[C@@H](O)[C@H](O[C@H]2O[C@H](CO)[C@@H](O)[C@H](O)[C@@H]2O[C@H]2O[C@H](COP(=O)(O)O)[C@@H](O)[C@H](O)[C@@H]2O)[C@@H]1O)[C@H](O)CO. The Balaban J connectivity index is 1.23. The van der Waals surface area contributed by atoms with Gasteiger partial charge in [-0.2, -0.15) is 0 Å². The number of ether oxygens (including phenoxy) is 14. The molecule has 0 aromatic rings. The topological polar surface area (TPSA) is 777 Å². The fourth-order valence-corrected chi connectivity index (χ4v) is 12.2. The lowest BCUT2D eigenvalue weighted by Gasteiger charge is -2.49. The second-order valence-electron chi connectivity index (χ2n) is 24.2. The smallest absolute Gasteiger partial charge is 0.394 e. The van der Waals surface area contributed by atoms with Gasteiger partial charge >= 0.3 is 15.6 Å². The van der Waals surface area contributed by atoms with E-state index < -0.39 is 320 Å². The molecule has 29 N–H and O–H groups in total. The fraction of sp³-hybridized carbons (Fsp3) is 0.980. The van der Waals surface area contributed by atoms with E-state index >= 15 is 0 Å². The normalized spacial score (nSPS) is 46.0. The summed E-state index contributed by atoms with van der Waals surface area (Å²) in [7, 11) is -10.6. The average Bonchev–Trinajstić information content (AvgIpc) is 0.783. The number of aliphatic hydroxyl groups is 24. The van der Waals surface area contributed by atoms with Crippen molar-refractivity contribution >= 4 is 21.6 Å². The third kappa shape index (κ3) is 20.5. The number of phosphoric acid groups is 2. The highest BCUT2D eigenvalue weighted by Gasteiger charge is 2.59. The van der Waals surface area contributed by atoms with Gasteiger partial charge in [-0.3, -0.25) is 13.8 Å². The number of phosphoric ester groups is 2. The van der Waals surface area contributed by atoms with Gasteiger partial charge in [0, 0.05) is 6.92 Å². The zero-order valence-electron chi connectivity index (χ0n) is 52.1. The molecule has 0 unspecified atom stereocenters. The minimum Gasteiger partial charge on any atom is -0.394 e. The molecule has 7 aliphatic heterocycles. The molecule has 0 radical (unpaired) electrons. The van der Waals surface area contributed by atoms with Gasteiger partial charge in [0.15, 0.2) is 44.0 Å². The van der Waals surface area contributed by atoms with Crippen molar-refractivity contribution in [2.75, 3.05) is 59.5 Å². The van der Waals surface area contributed by atoms with E-state index in [1.807, 2.05) is 0 Å². The first kappa shape index (κ1) is 85.4. The van der Waals surface area contributed by atoms with Crippen molar-refractivity contribution in [3.63, 3.8) is 0 Å². The van der Waals surface area contributed by atoms with E-state index in [4.69, 9.17) is 66.3 Å². The van der Waals surface area contributed by atoms with E-state index in [1.54, 1.807) is 0 Å². The van der Waals surface area contributed by atoms with Crippen LogP contribution in [0, 0.1) is 0 Å². The van der Waals surface area contributed by atoms with E-state index in [0.717, 1.165) is 6.92 Å². The van der Waals surface area contributed by atoms with Gasteiger partial charge in [0.1, 0.15) is 189 Å². The van der Waals surface area contributed by atoms with Crippen LogP contribution in [-0.4, -0.2) is 447 Å². The summed E-state index contributed by atoms with van der Waals surface area (Å²) < 4.78 is 112. The average molecular weight is 1520 g/mol. The van der Waals surface area contributed by atoms with Crippen molar-refractivity contribution < 1.29 is 231 Å². The minimum atomic E-state index is -5.33. The van der Waals surface area contributed by atoms with Crippen LogP contribution in [0.2, 0.25) is 0 Å². The third-order valence-electron chi connectivity index (χ3n) is 17.1. The monoisotopic (exact) mass is 1520 g/mol. The number of rotatable bonds is 31. The molecule has 1 amide bonds. The van der Waals surface area contributed by atoms with E-state index in [-0.39, 0.29) is 0 Å². The van der Waals surface area contributed by atoms with E-state index in [1.165, 1.54) is 0 Å². The molecule has 48 nitrogen and oxygen atoms in total. The highest BCUT2D eigenvalue weighted by molar-refractivity contribution is 7.46. The van der Waals surface area contributed by atoms with Crippen LogP contribution in [0.4, 0.5) is 0 Å². The Hall–Kier alpha value is -1.83. The quantitative estimate of drug-likeness (QED) is 0.0287. The van der Waals surface area contributed by atoms with Crippen LogP contribution >= 0.6 is 15.6 Å². The van der Waals surface area contributed by atoms with Crippen LogP contribution in [0.25, 0.3) is 0 Å². The molecule has 7 saturated heterocycles. The predicted octanol–water partition coefficient (Wildman–Crippen LogP) is -18.4. The highest BCUT2D eigenvalue weighted by atomic mass is 31.2. The summed E-state index contributed by atoms with van der Waals surface area (Å²) in [5, 5.41) is 265. The van der Waals surface area contributed by atoms with E-state index in [2.05, 4.69) is 14.4 Å². The van der Waals surface area contributed by atoms with Crippen LogP contribution < -0.4 is 5.32 Å². The summed E-state index contributed by atoms with van der Waals surface area (Å²) in [6, 6.07) is -1.76. The lowest BCUT2D eigenvalue weighted by atomic mass is 9.95. The van der Waals surface area contributed by atoms with Crippen LogP contribution in [0.3, 0.4) is 0 Å². The molecule has 7 fully saturated rings. The molecule has 7 aliphatic rings. The summed E-state index contributed by atoms with van der Waals surface area (Å²) in [6.45, 7) is -9.64. The second kappa shape index (κ2) is 36.8. The van der Waals surface area contributed by atoms with Crippen molar-refractivity contribution in [2.45, 2.75) is 246 Å². The maximum absolute atomic E-state index is 12.2. The molecular weight excluding hydrogens is 1430 g/mol. The van der Waals surface area contributed by atoms with E-state index in [9.17, 15) is 156 Å². The number of carbonyl (C=O) groups excluding carboxylic acids is 1. The van der Waals surface area contributed by atoms with Crippen molar-refractivity contribution in [2.24, 2.45) is 0 Å². The van der Waals surface area contributed by atoms with Crippen LogP contribution in [0.1, 0.15) is 6.92 Å². The summed E-state index contributed by atoms with van der Waals surface area (Å²) in [6.07, 6.45) is -84.9. The van der Waals surface area contributed by atoms with Crippen molar-refractivity contribution in [1.82, 2.24) is 5.32 Å². The summed E-state index contributed by atoms with van der Waals surface area (Å²) >= 11 is 0. The molecule has 0 saturated carbocycles. The molecule has 0 spiro atoms. The standard InChI is InChI=1S/C50H89NO47P2/c1-11(57)51-12(2-52)21(59)39(13(58)3-53)94-48-38(76)41(96-50-43(33(71)24(62)16(6-56)89-50)98-47-36(74)31(69)26(64)20(93-47)10-86-100(80,81)82)28(66)18(91-48)7-83-44-37(75)40(95-45-34(72)29(67)22(60)14(4-54)87-45)27(65)17(90-44)8-84-49-42(32(70)23(61)15(5-55)88-49)97-46-35(73)30(68)25(63)19(92-46)9-85-99(77,78)79/h12-50,52-56,58-76H,2-10H2,1H3,(H,51,57)(H2,77,78,79)(H2,80,81,82)/t12-,13+,14+,15+,16+,17+,18+,19+,20+,21+,22+,23+,24+,25+,26+,27+,28+,29-,30-,31-,32-,33-,34-,35-,36-,37-,38-,39+,40-,41-,42-,43-,44-,45+,46+,47+,48-,49-,50+/m0/s1. The molecule has 586 valence electrons. The van der Waals surface area contributed by atoms with Crippen LogP contribution in [-0.2, 0) is 89.3 Å². The number of hydrogen-bond donors (Lipinski definition) is 29. The Morgan fingerprint density at radius 2 is 0.690 bits per heavy atom. The van der Waals surface area contributed by atoms with Gasteiger partial charge in [0.25, 0.3) is 0 Å². The lowest BCUT2D eigenvalue weighted by Crippen LogP contribution is -2.68. The van der Waals surface area contributed by atoms with Gasteiger partial charge in [-0.1, -0.05) is 0 Å². The molecule has 50 heteroatoms. The molecular formula is C50H89NO47P2. The van der Waals surface area contributed by atoms with Crippen molar-refractivity contribution in [3.8, 4) is 0 Å². The minimum absolute atomic E-state index is 0.887. The summed E-state index contributed by atoms with van der Waals surface area (Å²) in [4.78, 5) is 49.2. The summed E-state index contributed by atoms with van der Waals surface area (Å²) in [5.41, 5.74) is 0. The van der Waals surface area contributed by atoms with Crippen LogP contribution in [0.15, 0.2) is 0 Å². The maximum Gasteiger partial charge on any atom is 0.469 e. The summed E-state index contributed by atoms with van der Waals surface area (Å²) in [5.74, 6) is -0.887. The predicted molar refractivity (Wildman–Crippen MR) is 300 cm³/mol. The Morgan fingerprint density at radius 3 is 1.09 bits per heavy atom. The zero-order valence-corrected chi connectivity index (χ0v) is 53.8. The first-order valence-corrected chi connectivity index (χ1v) is 33.6. The number of aliphatic hydroxyl groups excluding tert-OH is 24. The third-order valence-corrected chi connectivity index (χ3v) is 18.1. The van der Waals surface area contributed by atoms with Gasteiger partial charge in [0.05, 0.1) is 65.5 Å². The number of carbonyl (C=O) groups is 1. The Kier molecular flexibility index (Phi) is 31.5. The van der Waals surface area contributed by atoms with Crippen molar-refractivity contribution in [3.05, 3.63) is 0 Å². The largest absolute Gasteiger partial charge is 0.469 e. The molecule has 7 heterocycles. The molecule has 39 atom stereocenters. The second-order valence-corrected chi connectivity index (χ2v) is 26.6. The number of nitrogens with one attached hydrogen (secondary N) is 1. The van der Waals surface area contributed by atoms with E-state index in [0.29, 0.717) is 0 Å². The lowest BCUT2D eigenvalue weighted by molar-refractivity contribution is -0.395. The molecule has 0 aromatic heterocycles. The number of hydrogen-bond acceptors (Lipinski definition) is 43. The molecule has 0 aliphatic carbocycles. The van der Waals surface area contributed by atoms with Gasteiger partial charge < -0.3 is 214 Å². The fourth-order valence-electron chi connectivity index (χ4n) is 11.5. The molecule has 0 aromatic carbocycles. The first-order chi connectivity index (χ1) is 46.8. The zero-order chi connectivity index (χ0) is 74.5.